The molecule has 0 bridgehead atoms. The molecule has 0 radical (unpaired) electrons. The van der Waals surface area contributed by atoms with E-state index in [0.717, 1.165) is 23.4 Å². The number of rotatable bonds is 3. The van der Waals surface area contributed by atoms with E-state index < -0.39 is 0 Å². The van der Waals surface area contributed by atoms with E-state index in [1.165, 1.54) is 11.6 Å². The second kappa shape index (κ2) is 4.90. The summed E-state index contributed by atoms with van der Waals surface area (Å²) in [6.07, 6.45) is 0.903. The predicted molar refractivity (Wildman–Crippen MR) is 70.3 cm³/mol. The second-order valence-electron chi connectivity index (χ2n) is 4.40. The van der Waals surface area contributed by atoms with Crippen molar-refractivity contribution in [3.63, 3.8) is 0 Å². The van der Waals surface area contributed by atoms with Gasteiger partial charge in [0.1, 0.15) is 11.5 Å². The van der Waals surface area contributed by atoms with Crippen LogP contribution in [0.4, 0.5) is 4.39 Å². The standard InChI is InChI=1S/C14H18FN3/c1-4-12-9(2)17-18(10(12)3)14-6-5-11(8-16)7-13(14)15/h5-7H,4,8,16H2,1-3H3. The summed E-state index contributed by atoms with van der Waals surface area (Å²) in [6, 6.07) is 5.04. The molecule has 3 nitrogen and oxygen atoms in total. The number of aryl methyl sites for hydroxylation is 1. The lowest BCUT2D eigenvalue weighted by atomic mass is 10.1. The summed E-state index contributed by atoms with van der Waals surface area (Å²) in [5.41, 5.74) is 9.89. The molecule has 1 aromatic heterocycles. The van der Waals surface area contributed by atoms with Crippen LogP contribution in [0.3, 0.4) is 0 Å². The molecule has 0 fully saturated rings. The first-order valence-corrected chi connectivity index (χ1v) is 6.12. The van der Waals surface area contributed by atoms with E-state index in [1.807, 2.05) is 19.9 Å². The van der Waals surface area contributed by atoms with Gasteiger partial charge in [0.05, 0.1) is 5.69 Å². The maximum atomic E-state index is 14.0. The van der Waals surface area contributed by atoms with Gasteiger partial charge in [0, 0.05) is 12.2 Å². The Labute approximate surface area is 106 Å². The summed E-state index contributed by atoms with van der Waals surface area (Å²) >= 11 is 0. The van der Waals surface area contributed by atoms with Gasteiger partial charge in [0.15, 0.2) is 0 Å². The molecule has 18 heavy (non-hydrogen) atoms. The Kier molecular flexibility index (Phi) is 3.48. The van der Waals surface area contributed by atoms with Gasteiger partial charge in [-0.05, 0) is 43.5 Å². The fraction of sp³-hybridized carbons (Fsp3) is 0.357. The molecule has 0 aliphatic carbocycles. The van der Waals surface area contributed by atoms with Gasteiger partial charge in [-0.2, -0.15) is 5.10 Å². The molecule has 0 aliphatic heterocycles. The van der Waals surface area contributed by atoms with Gasteiger partial charge >= 0.3 is 0 Å². The Morgan fingerprint density at radius 3 is 2.56 bits per heavy atom. The van der Waals surface area contributed by atoms with Crippen molar-refractivity contribution < 1.29 is 4.39 Å². The average Bonchev–Trinajstić information content (AvgIpc) is 2.64. The van der Waals surface area contributed by atoms with Gasteiger partial charge < -0.3 is 5.73 Å². The monoisotopic (exact) mass is 247 g/mol. The van der Waals surface area contributed by atoms with Crippen molar-refractivity contribution in [1.82, 2.24) is 9.78 Å². The highest BCUT2D eigenvalue weighted by atomic mass is 19.1. The third-order valence-electron chi connectivity index (χ3n) is 3.27. The van der Waals surface area contributed by atoms with Crippen LogP contribution in [0.5, 0.6) is 0 Å². The average molecular weight is 247 g/mol. The Morgan fingerprint density at radius 2 is 2.06 bits per heavy atom. The van der Waals surface area contributed by atoms with Crippen LogP contribution >= 0.6 is 0 Å². The third-order valence-corrected chi connectivity index (χ3v) is 3.27. The number of nitrogens with zero attached hydrogens (tertiary/aromatic N) is 2. The van der Waals surface area contributed by atoms with Crippen LogP contribution in [-0.2, 0) is 13.0 Å². The minimum atomic E-state index is -0.286. The zero-order valence-corrected chi connectivity index (χ0v) is 11.0. The SMILES string of the molecule is CCc1c(C)nn(-c2ccc(CN)cc2F)c1C. The van der Waals surface area contributed by atoms with E-state index in [4.69, 9.17) is 5.73 Å². The zero-order valence-electron chi connectivity index (χ0n) is 11.0. The normalized spacial score (nSPS) is 10.9. The number of benzene rings is 1. The van der Waals surface area contributed by atoms with Crippen molar-refractivity contribution in [3.05, 3.63) is 46.5 Å². The van der Waals surface area contributed by atoms with Crippen molar-refractivity contribution in [3.8, 4) is 5.69 Å². The van der Waals surface area contributed by atoms with E-state index in [1.54, 1.807) is 10.7 Å². The summed E-state index contributed by atoms with van der Waals surface area (Å²) in [5, 5.41) is 4.41. The molecule has 0 saturated heterocycles. The van der Waals surface area contributed by atoms with Crippen molar-refractivity contribution in [1.29, 1.82) is 0 Å². The maximum Gasteiger partial charge on any atom is 0.149 e. The highest BCUT2D eigenvalue weighted by Gasteiger charge is 2.14. The molecule has 1 aromatic carbocycles. The number of hydrogen-bond donors (Lipinski definition) is 1. The molecule has 0 saturated carbocycles. The van der Waals surface area contributed by atoms with Crippen LogP contribution in [0, 0.1) is 19.7 Å². The van der Waals surface area contributed by atoms with Gasteiger partial charge in [-0.15, -0.1) is 0 Å². The van der Waals surface area contributed by atoms with E-state index >= 15 is 0 Å². The summed E-state index contributed by atoms with van der Waals surface area (Å²) in [7, 11) is 0. The smallest absolute Gasteiger partial charge is 0.149 e. The highest BCUT2D eigenvalue weighted by molar-refractivity contribution is 5.40. The summed E-state index contributed by atoms with van der Waals surface area (Å²) in [6.45, 7) is 6.34. The van der Waals surface area contributed by atoms with E-state index in [-0.39, 0.29) is 5.82 Å². The predicted octanol–water partition coefficient (Wildman–Crippen LogP) is 2.65. The molecule has 2 aromatic rings. The quantitative estimate of drug-likeness (QED) is 0.906. The molecular formula is C14H18FN3. The number of nitrogens with two attached hydrogens (primary N) is 1. The third kappa shape index (κ3) is 2.04. The molecule has 4 heteroatoms. The van der Waals surface area contributed by atoms with Gasteiger partial charge in [-0.25, -0.2) is 9.07 Å². The van der Waals surface area contributed by atoms with Gasteiger partial charge in [0.25, 0.3) is 0 Å². The van der Waals surface area contributed by atoms with Crippen LogP contribution in [0.25, 0.3) is 5.69 Å². The summed E-state index contributed by atoms with van der Waals surface area (Å²) in [4.78, 5) is 0. The first-order valence-electron chi connectivity index (χ1n) is 6.12. The van der Waals surface area contributed by atoms with Crippen molar-refractivity contribution >= 4 is 0 Å². The van der Waals surface area contributed by atoms with Gasteiger partial charge in [0.2, 0.25) is 0 Å². The maximum absolute atomic E-state index is 14.0. The van der Waals surface area contributed by atoms with Crippen LogP contribution in [0.15, 0.2) is 18.2 Å². The first-order chi connectivity index (χ1) is 8.58. The summed E-state index contributed by atoms with van der Waals surface area (Å²) < 4.78 is 15.7. The lowest BCUT2D eigenvalue weighted by Gasteiger charge is -2.07. The van der Waals surface area contributed by atoms with Crippen LogP contribution in [0.1, 0.15) is 29.4 Å². The largest absolute Gasteiger partial charge is 0.326 e. The molecule has 0 aliphatic rings. The molecule has 0 spiro atoms. The van der Waals surface area contributed by atoms with Gasteiger partial charge in [-0.3, -0.25) is 0 Å². The van der Waals surface area contributed by atoms with Crippen LogP contribution < -0.4 is 5.73 Å². The van der Waals surface area contributed by atoms with Crippen molar-refractivity contribution in [2.75, 3.05) is 0 Å². The fourth-order valence-corrected chi connectivity index (χ4v) is 2.27. The number of halogens is 1. The Hall–Kier alpha value is -1.68. The molecule has 2 rings (SSSR count). The van der Waals surface area contributed by atoms with E-state index in [9.17, 15) is 4.39 Å². The molecule has 0 atom stereocenters. The Balaban J connectivity index is 2.55. The Morgan fingerprint density at radius 1 is 1.33 bits per heavy atom. The number of aromatic nitrogens is 2. The molecule has 2 N–H and O–H groups in total. The van der Waals surface area contributed by atoms with E-state index in [2.05, 4.69) is 12.0 Å². The zero-order chi connectivity index (χ0) is 13.3. The van der Waals surface area contributed by atoms with E-state index in [0.29, 0.717) is 12.2 Å². The fourth-order valence-electron chi connectivity index (χ4n) is 2.27. The van der Waals surface area contributed by atoms with Crippen LogP contribution in [0.2, 0.25) is 0 Å². The minimum Gasteiger partial charge on any atom is -0.326 e. The molecule has 0 unspecified atom stereocenters. The molecule has 96 valence electrons. The highest BCUT2D eigenvalue weighted by Crippen LogP contribution is 2.21. The topological polar surface area (TPSA) is 43.8 Å². The van der Waals surface area contributed by atoms with Crippen molar-refractivity contribution in [2.45, 2.75) is 33.7 Å². The minimum absolute atomic E-state index is 0.286. The second-order valence-corrected chi connectivity index (χ2v) is 4.40. The lowest BCUT2D eigenvalue weighted by Crippen LogP contribution is -2.04. The molecular weight excluding hydrogens is 229 g/mol. The first kappa shape index (κ1) is 12.8. The lowest BCUT2D eigenvalue weighted by molar-refractivity contribution is 0.605. The summed E-state index contributed by atoms with van der Waals surface area (Å²) in [5.74, 6) is -0.286. The van der Waals surface area contributed by atoms with Gasteiger partial charge in [-0.1, -0.05) is 13.0 Å². The Bertz CT molecular complexity index is 573. The van der Waals surface area contributed by atoms with Crippen molar-refractivity contribution in [2.24, 2.45) is 5.73 Å². The molecule has 0 amide bonds. The number of hydrogen-bond acceptors (Lipinski definition) is 2. The van der Waals surface area contributed by atoms with Crippen LogP contribution in [-0.4, -0.2) is 9.78 Å². The molecule has 1 heterocycles.